The molecule has 35 heavy (non-hydrogen) atoms. The summed E-state index contributed by atoms with van der Waals surface area (Å²) in [6.45, 7) is 0.336. The average Bonchev–Trinajstić information content (AvgIpc) is 3.36. The van der Waals surface area contributed by atoms with Crippen molar-refractivity contribution in [2.45, 2.75) is 18.9 Å². The fourth-order valence-corrected chi connectivity index (χ4v) is 3.65. The van der Waals surface area contributed by atoms with Crippen LogP contribution in [-0.4, -0.2) is 58.0 Å². The second-order valence-electron chi connectivity index (χ2n) is 7.67. The van der Waals surface area contributed by atoms with Crippen LogP contribution in [0, 0.1) is 0 Å². The summed E-state index contributed by atoms with van der Waals surface area (Å²) in [5.74, 6) is 0.514. The maximum Gasteiger partial charge on any atom is 0.303 e. The molecular formula is C24H29N4O7+. The van der Waals surface area contributed by atoms with Crippen LogP contribution in [0.2, 0.25) is 0 Å². The Labute approximate surface area is 202 Å². The molecule has 0 saturated carbocycles. The van der Waals surface area contributed by atoms with Gasteiger partial charge in [-0.15, -0.1) is 0 Å². The van der Waals surface area contributed by atoms with Crippen molar-refractivity contribution in [1.82, 2.24) is 0 Å². The van der Waals surface area contributed by atoms with E-state index in [0.29, 0.717) is 40.9 Å². The van der Waals surface area contributed by atoms with E-state index in [1.165, 1.54) is 28.4 Å². The number of azo groups is 1. The second-order valence-corrected chi connectivity index (χ2v) is 7.67. The molecule has 1 amide bonds. The SMILES string of the molecule is COc1ccc(C2=C(c3cc(OC)c(OC)c(OC)c3)N=NC2)cc1NC(=O)C([NH3+])CCC(=O)O. The number of rotatable bonds is 11. The number of hydrogen-bond donors (Lipinski definition) is 3. The molecule has 0 spiro atoms. The van der Waals surface area contributed by atoms with Gasteiger partial charge in [0, 0.05) is 17.6 Å². The molecule has 11 heteroatoms. The van der Waals surface area contributed by atoms with Crippen LogP contribution in [0.25, 0.3) is 11.3 Å². The van der Waals surface area contributed by atoms with Crippen molar-refractivity contribution < 1.29 is 39.4 Å². The highest BCUT2D eigenvalue weighted by molar-refractivity contribution is 5.98. The van der Waals surface area contributed by atoms with Gasteiger partial charge in [-0.3, -0.25) is 9.59 Å². The zero-order chi connectivity index (χ0) is 25.5. The van der Waals surface area contributed by atoms with Crippen LogP contribution in [0.5, 0.6) is 23.0 Å². The fourth-order valence-electron chi connectivity index (χ4n) is 3.65. The summed E-state index contributed by atoms with van der Waals surface area (Å²) in [5.41, 5.74) is 7.16. The number of methoxy groups -OCH3 is 4. The molecule has 0 aromatic heterocycles. The lowest BCUT2D eigenvalue weighted by atomic mass is 9.99. The third-order valence-corrected chi connectivity index (χ3v) is 5.51. The zero-order valence-electron chi connectivity index (χ0n) is 20.1. The lowest BCUT2D eigenvalue weighted by Gasteiger charge is -2.16. The number of anilines is 1. The van der Waals surface area contributed by atoms with Gasteiger partial charge in [0.25, 0.3) is 5.91 Å². The highest BCUT2D eigenvalue weighted by Crippen LogP contribution is 2.43. The number of quaternary nitrogens is 1. The number of carbonyl (C=O) groups excluding carboxylic acids is 1. The topological polar surface area (TPSA) is 156 Å². The molecule has 3 rings (SSSR count). The van der Waals surface area contributed by atoms with Crippen LogP contribution < -0.4 is 30.0 Å². The summed E-state index contributed by atoms with van der Waals surface area (Å²) in [6, 6.07) is 8.21. The summed E-state index contributed by atoms with van der Waals surface area (Å²) in [7, 11) is 6.11. The summed E-state index contributed by atoms with van der Waals surface area (Å²) < 4.78 is 21.7. The molecule has 2 aromatic carbocycles. The van der Waals surface area contributed by atoms with E-state index >= 15 is 0 Å². The number of ether oxygens (including phenoxy) is 4. The van der Waals surface area contributed by atoms with Gasteiger partial charge in [-0.1, -0.05) is 6.07 Å². The van der Waals surface area contributed by atoms with Gasteiger partial charge in [0.15, 0.2) is 17.5 Å². The lowest BCUT2D eigenvalue weighted by molar-refractivity contribution is -0.403. The Morgan fingerprint density at radius 1 is 1.00 bits per heavy atom. The monoisotopic (exact) mass is 485 g/mol. The molecule has 2 aromatic rings. The van der Waals surface area contributed by atoms with Crippen molar-refractivity contribution in [3.05, 3.63) is 41.5 Å². The molecule has 0 saturated heterocycles. The van der Waals surface area contributed by atoms with Gasteiger partial charge in [-0.25, -0.2) is 0 Å². The Bertz CT molecular complexity index is 1150. The Morgan fingerprint density at radius 2 is 1.66 bits per heavy atom. The number of carboxylic acids is 1. The summed E-state index contributed by atoms with van der Waals surface area (Å²) in [6.07, 6.45) is -0.0236. The smallest absolute Gasteiger partial charge is 0.303 e. The molecule has 1 aliphatic rings. The molecule has 0 bridgehead atoms. The molecule has 0 fully saturated rings. The van der Waals surface area contributed by atoms with Crippen molar-refractivity contribution >= 4 is 28.8 Å². The normalized spacial score (nSPS) is 13.4. The van der Waals surface area contributed by atoms with Crippen LogP contribution in [0.4, 0.5) is 5.69 Å². The van der Waals surface area contributed by atoms with E-state index in [9.17, 15) is 9.59 Å². The van der Waals surface area contributed by atoms with Gasteiger partial charge in [0.05, 0.1) is 52.8 Å². The highest BCUT2D eigenvalue weighted by Gasteiger charge is 2.23. The first-order valence-electron chi connectivity index (χ1n) is 10.8. The highest BCUT2D eigenvalue weighted by atomic mass is 16.5. The van der Waals surface area contributed by atoms with E-state index in [0.717, 1.165) is 16.7 Å². The van der Waals surface area contributed by atoms with Gasteiger partial charge in [-0.2, -0.15) is 10.2 Å². The van der Waals surface area contributed by atoms with Crippen LogP contribution in [0.3, 0.4) is 0 Å². The lowest BCUT2D eigenvalue weighted by Crippen LogP contribution is -2.66. The first-order valence-corrected chi connectivity index (χ1v) is 10.8. The van der Waals surface area contributed by atoms with Gasteiger partial charge >= 0.3 is 5.97 Å². The van der Waals surface area contributed by atoms with Gasteiger partial charge < -0.3 is 35.1 Å². The first kappa shape index (κ1) is 25.5. The van der Waals surface area contributed by atoms with Crippen molar-refractivity contribution in [2.24, 2.45) is 10.2 Å². The van der Waals surface area contributed by atoms with Gasteiger partial charge in [0.1, 0.15) is 5.75 Å². The number of benzene rings is 2. The van der Waals surface area contributed by atoms with Crippen LogP contribution in [0.1, 0.15) is 24.0 Å². The molecule has 1 unspecified atom stereocenters. The minimum atomic E-state index is -0.981. The molecule has 1 atom stereocenters. The van der Waals surface area contributed by atoms with E-state index in [1.54, 1.807) is 24.3 Å². The molecule has 0 aliphatic carbocycles. The fraction of sp³-hybridized carbons (Fsp3) is 0.333. The zero-order valence-corrected chi connectivity index (χ0v) is 20.1. The largest absolute Gasteiger partial charge is 0.495 e. The Kier molecular flexibility index (Phi) is 8.26. The molecule has 1 aliphatic heterocycles. The van der Waals surface area contributed by atoms with Crippen LogP contribution in [0.15, 0.2) is 40.6 Å². The number of amides is 1. The van der Waals surface area contributed by atoms with E-state index < -0.39 is 17.9 Å². The van der Waals surface area contributed by atoms with Crippen molar-refractivity contribution in [3.8, 4) is 23.0 Å². The van der Waals surface area contributed by atoms with E-state index in [2.05, 4.69) is 21.3 Å². The molecule has 11 nitrogen and oxygen atoms in total. The van der Waals surface area contributed by atoms with Crippen LogP contribution in [-0.2, 0) is 9.59 Å². The number of aliphatic carboxylic acids is 1. The third kappa shape index (κ3) is 5.69. The van der Waals surface area contributed by atoms with Gasteiger partial charge in [-0.05, 0) is 29.8 Å². The third-order valence-electron chi connectivity index (χ3n) is 5.51. The summed E-state index contributed by atoms with van der Waals surface area (Å²) in [5, 5.41) is 20.2. The van der Waals surface area contributed by atoms with E-state index in [1.807, 2.05) is 6.07 Å². The minimum Gasteiger partial charge on any atom is -0.495 e. The van der Waals surface area contributed by atoms with Crippen LogP contribution >= 0.6 is 0 Å². The second kappa shape index (κ2) is 11.3. The number of hydrogen-bond acceptors (Lipinski definition) is 8. The van der Waals surface area contributed by atoms with E-state index in [4.69, 9.17) is 24.1 Å². The molecular weight excluding hydrogens is 456 g/mol. The number of nitrogens with zero attached hydrogens (tertiary/aromatic N) is 2. The Balaban J connectivity index is 1.99. The maximum absolute atomic E-state index is 12.6. The van der Waals surface area contributed by atoms with Crippen molar-refractivity contribution in [1.29, 1.82) is 0 Å². The number of nitrogens with one attached hydrogen (secondary N) is 1. The number of carbonyl (C=O) groups is 2. The number of carboxylic acid groups (broad SMARTS) is 1. The predicted molar refractivity (Wildman–Crippen MR) is 128 cm³/mol. The average molecular weight is 486 g/mol. The molecule has 186 valence electrons. The van der Waals surface area contributed by atoms with Crippen molar-refractivity contribution in [2.75, 3.05) is 40.3 Å². The quantitative estimate of drug-likeness (QED) is 0.441. The van der Waals surface area contributed by atoms with Crippen molar-refractivity contribution in [3.63, 3.8) is 0 Å². The minimum absolute atomic E-state index is 0.122. The maximum atomic E-state index is 12.6. The summed E-state index contributed by atoms with van der Waals surface area (Å²) >= 11 is 0. The Morgan fingerprint density at radius 3 is 2.23 bits per heavy atom. The summed E-state index contributed by atoms with van der Waals surface area (Å²) in [4.78, 5) is 23.4. The van der Waals surface area contributed by atoms with Gasteiger partial charge in [0.2, 0.25) is 5.75 Å². The predicted octanol–water partition coefficient (Wildman–Crippen LogP) is 2.47. The first-order chi connectivity index (χ1) is 16.8. The molecule has 1 heterocycles. The molecule has 0 radical (unpaired) electrons. The molecule has 5 N–H and O–H groups in total. The Hall–Kier alpha value is -4.12. The standard InChI is InChI=1S/C24H28N4O7/c1-32-18-7-5-13(9-17(18)27-24(31)16(25)6-8-21(29)30)15-12-26-28-22(15)14-10-19(33-2)23(35-4)20(11-14)34-3/h5,7,9-11,16H,6,8,12,25H2,1-4H3,(H,27,31)(H,29,30)/p+1. The van der Waals surface area contributed by atoms with E-state index in [-0.39, 0.29) is 12.8 Å².